The van der Waals surface area contributed by atoms with E-state index in [2.05, 4.69) is 20.2 Å². The van der Waals surface area contributed by atoms with Gasteiger partial charge in [-0.3, -0.25) is 0 Å². The Morgan fingerprint density at radius 2 is 1.83 bits per heavy atom. The first-order chi connectivity index (χ1) is 8.72. The average Bonchev–Trinajstić information content (AvgIpc) is 2.80. The summed E-state index contributed by atoms with van der Waals surface area (Å²) in [6.07, 6.45) is 0. The summed E-state index contributed by atoms with van der Waals surface area (Å²) in [6.45, 7) is 0. The number of nitrogens with one attached hydrogen (secondary N) is 1. The molecule has 1 aromatic carbocycles. The van der Waals surface area contributed by atoms with E-state index in [9.17, 15) is 0 Å². The molecule has 0 aliphatic heterocycles. The van der Waals surface area contributed by atoms with Gasteiger partial charge in [-0.2, -0.15) is 15.5 Å². The van der Waals surface area contributed by atoms with Gasteiger partial charge in [-0.05, 0) is 24.3 Å². The molecule has 0 unspecified atom stereocenters. The van der Waals surface area contributed by atoms with E-state index < -0.39 is 0 Å². The molecule has 0 atom stereocenters. The van der Waals surface area contributed by atoms with Gasteiger partial charge in [0.2, 0.25) is 5.95 Å². The minimum Gasteiger partial charge on any atom is -0.399 e. The van der Waals surface area contributed by atoms with Gasteiger partial charge in [0.15, 0.2) is 11.4 Å². The lowest BCUT2D eigenvalue weighted by Gasteiger charge is -1.92. The van der Waals surface area contributed by atoms with Crippen LogP contribution in [0, 0.1) is 22.7 Å². The zero-order chi connectivity index (χ0) is 13.0. The van der Waals surface area contributed by atoms with Crippen LogP contribution in [0.2, 0.25) is 0 Å². The highest BCUT2D eigenvalue weighted by Crippen LogP contribution is 2.18. The van der Waals surface area contributed by atoms with Gasteiger partial charge >= 0.3 is 0 Å². The van der Waals surface area contributed by atoms with Crippen molar-refractivity contribution in [1.82, 2.24) is 9.97 Å². The molecule has 7 nitrogen and oxygen atoms in total. The molecule has 3 N–H and O–H groups in total. The lowest BCUT2D eigenvalue weighted by molar-refractivity contribution is 1.12. The summed E-state index contributed by atoms with van der Waals surface area (Å²) in [4.78, 5) is 6.39. The maximum atomic E-state index is 8.72. The van der Waals surface area contributed by atoms with Crippen molar-refractivity contribution in [2.45, 2.75) is 0 Å². The summed E-state index contributed by atoms with van der Waals surface area (Å²) in [7, 11) is 0. The molecule has 7 heteroatoms. The first-order valence-corrected chi connectivity index (χ1v) is 4.90. The number of benzene rings is 1. The fourth-order valence-corrected chi connectivity index (χ4v) is 1.22. The molecule has 18 heavy (non-hydrogen) atoms. The highest BCUT2D eigenvalue weighted by molar-refractivity contribution is 5.47. The molecule has 2 rings (SSSR count). The fourth-order valence-electron chi connectivity index (χ4n) is 1.22. The molecule has 0 amide bonds. The smallest absolute Gasteiger partial charge is 0.249 e. The standard InChI is InChI=1S/C11H7N7/c12-5-9-10(6-13)16-11(15-9)18-17-8-3-1-7(14)2-4-8/h1-4H,14H2,(H,15,16)/b18-17+. The zero-order valence-corrected chi connectivity index (χ0v) is 9.12. The Morgan fingerprint density at radius 3 is 2.39 bits per heavy atom. The van der Waals surface area contributed by atoms with Gasteiger partial charge in [-0.15, -0.1) is 10.2 Å². The van der Waals surface area contributed by atoms with Crippen molar-refractivity contribution in [2.24, 2.45) is 10.2 Å². The molecule has 86 valence electrons. The van der Waals surface area contributed by atoms with E-state index in [1.54, 1.807) is 30.3 Å². The van der Waals surface area contributed by atoms with Crippen LogP contribution in [0.25, 0.3) is 0 Å². The fraction of sp³-hybridized carbons (Fsp3) is 0. The summed E-state index contributed by atoms with van der Waals surface area (Å²) >= 11 is 0. The Morgan fingerprint density at radius 1 is 1.11 bits per heavy atom. The second-order valence-corrected chi connectivity index (χ2v) is 3.30. The highest BCUT2D eigenvalue weighted by atomic mass is 15.2. The lowest BCUT2D eigenvalue weighted by atomic mass is 10.3. The molecule has 0 fully saturated rings. The van der Waals surface area contributed by atoms with E-state index in [-0.39, 0.29) is 17.3 Å². The largest absolute Gasteiger partial charge is 0.399 e. The average molecular weight is 237 g/mol. The topological polar surface area (TPSA) is 127 Å². The number of nitriles is 2. The van der Waals surface area contributed by atoms with Gasteiger partial charge in [0.05, 0.1) is 5.69 Å². The highest BCUT2D eigenvalue weighted by Gasteiger charge is 2.07. The van der Waals surface area contributed by atoms with Crippen LogP contribution in [-0.2, 0) is 0 Å². The molecule has 0 bridgehead atoms. The number of nitrogen functional groups attached to an aromatic ring is 1. The van der Waals surface area contributed by atoms with Crippen molar-refractivity contribution in [3.8, 4) is 12.1 Å². The van der Waals surface area contributed by atoms with Crippen LogP contribution < -0.4 is 5.73 Å². The SMILES string of the molecule is N#Cc1nc(/N=N/c2ccc(N)cc2)[nH]c1C#N. The van der Waals surface area contributed by atoms with E-state index in [4.69, 9.17) is 16.3 Å². The Hall–Kier alpha value is -3.19. The van der Waals surface area contributed by atoms with E-state index >= 15 is 0 Å². The third-order valence-corrected chi connectivity index (χ3v) is 2.06. The number of hydrogen-bond acceptors (Lipinski definition) is 6. The van der Waals surface area contributed by atoms with Gasteiger partial charge in [0.25, 0.3) is 0 Å². The minimum atomic E-state index is 0.00348. The number of imidazole rings is 1. The summed E-state index contributed by atoms with van der Waals surface area (Å²) < 4.78 is 0. The van der Waals surface area contributed by atoms with Crippen molar-refractivity contribution in [3.63, 3.8) is 0 Å². The van der Waals surface area contributed by atoms with Crippen molar-refractivity contribution in [3.05, 3.63) is 35.7 Å². The van der Waals surface area contributed by atoms with Crippen LogP contribution in [0.4, 0.5) is 17.3 Å². The molecule has 1 aromatic heterocycles. The summed E-state index contributed by atoms with van der Waals surface area (Å²) in [5, 5.41) is 25.1. The number of rotatable bonds is 2. The van der Waals surface area contributed by atoms with E-state index in [1.165, 1.54) is 0 Å². The van der Waals surface area contributed by atoms with Crippen LogP contribution in [-0.4, -0.2) is 9.97 Å². The van der Waals surface area contributed by atoms with Crippen LogP contribution in [0.3, 0.4) is 0 Å². The van der Waals surface area contributed by atoms with Crippen molar-refractivity contribution in [2.75, 3.05) is 5.73 Å². The number of azo groups is 1. The third kappa shape index (κ3) is 2.31. The predicted molar refractivity (Wildman–Crippen MR) is 63.0 cm³/mol. The summed E-state index contributed by atoms with van der Waals surface area (Å²) in [5.41, 5.74) is 6.83. The number of aromatic nitrogens is 2. The number of aromatic amines is 1. The molecular weight excluding hydrogens is 230 g/mol. The van der Waals surface area contributed by atoms with Gasteiger partial charge in [0, 0.05) is 5.69 Å². The molecule has 0 aliphatic carbocycles. The van der Waals surface area contributed by atoms with Gasteiger partial charge < -0.3 is 10.7 Å². The summed E-state index contributed by atoms with van der Waals surface area (Å²) in [6, 6.07) is 10.4. The van der Waals surface area contributed by atoms with Crippen LogP contribution >= 0.6 is 0 Å². The molecule has 0 saturated heterocycles. The minimum absolute atomic E-state index is 0.00348. The third-order valence-electron chi connectivity index (χ3n) is 2.06. The second kappa shape index (κ2) is 4.76. The molecule has 0 spiro atoms. The van der Waals surface area contributed by atoms with Crippen LogP contribution in [0.1, 0.15) is 11.4 Å². The molecule has 0 aliphatic rings. The normalized spacial score (nSPS) is 10.1. The number of H-pyrrole nitrogens is 1. The van der Waals surface area contributed by atoms with E-state index in [0.717, 1.165) is 0 Å². The van der Waals surface area contributed by atoms with Crippen molar-refractivity contribution >= 4 is 17.3 Å². The van der Waals surface area contributed by atoms with Gasteiger partial charge in [-0.25, -0.2) is 0 Å². The molecule has 1 heterocycles. The number of nitrogens with zero attached hydrogens (tertiary/aromatic N) is 5. The maximum Gasteiger partial charge on any atom is 0.249 e. The number of anilines is 1. The maximum absolute atomic E-state index is 8.72. The van der Waals surface area contributed by atoms with Gasteiger partial charge in [-0.1, -0.05) is 0 Å². The van der Waals surface area contributed by atoms with E-state index in [0.29, 0.717) is 11.4 Å². The van der Waals surface area contributed by atoms with E-state index in [1.807, 2.05) is 6.07 Å². The first-order valence-electron chi connectivity index (χ1n) is 4.90. The number of nitrogens with two attached hydrogens (primary N) is 1. The monoisotopic (exact) mass is 237 g/mol. The van der Waals surface area contributed by atoms with Crippen LogP contribution in [0.5, 0.6) is 0 Å². The predicted octanol–water partition coefficient (Wildman–Crippen LogP) is 2.15. The molecule has 0 radical (unpaired) electrons. The van der Waals surface area contributed by atoms with Crippen LogP contribution in [0.15, 0.2) is 34.5 Å². The molecular formula is C11H7N7. The van der Waals surface area contributed by atoms with Crippen molar-refractivity contribution in [1.29, 1.82) is 10.5 Å². The summed E-state index contributed by atoms with van der Waals surface area (Å²) in [5.74, 6) is 0.111. The Labute approximate surface area is 102 Å². The Kier molecular flexibility index (Phi) is 2.99. The second-order valence-electron chi connectivity index (χ2n) is 3.30. The van der Waals surface area contributed by atoms with Crippen molar-refractivity contribution < 1.29 is 0 Å². The zero-order valence-electron chi connectivity index (χ0n) is 9.12. The first kappa shape index (κ1) is 11.3. The Bertz CT molecular complexity index is 635. The quantitative estimate of drug-likeness (QED) is 0.612. The number of hydrogen-bond donors (Lipinski definition) is 2. The lowest BCUT2D eigenvalue weighted by Crippen LogP contribution is -1.80. The molecule has 0 saturated carbocycles. The Balaban J connectivity index is 2.24. The molecule has 2 aromatic rings. The van der Waals surface area contributed by atoms with Gasteiger partial charge in [0.1, 0.15) is 12.1 Å².